The molecule has 7 heteroatoms. The Balaban J connectivity index is 1.89. The Morgan fingerprint density at radius 2 is 1.56 bits per heavy atom. The summed E-state index contributed by atoms with van der Waals surface area (Å²) >= 11 is 0. The molecule has 1 saturated heterocycles. The van der Waals surface area contributed by atoms with Gasteiger partial charge in [0.1, 0.15) is 11.3 Å². The molecule has 2 heterocycles. The fourth-order valence-corrected chi connectivity index (χ4v) is 4.21. The van der Waals surface area contributed by atoms with E-state index in [0.29, 0.717) is 11.4 Å². The minimum atomic E-state index is -0.657. The molecule has 0 saturated carbocycles. The molecule has 3 aromatic rings. The average molecular weight is 434 g/mol. The molecule has 0 radical (unpaired) electrons. The second-order valence-corrected chi connectivity index (χ2v) is 7.85. The number of carbonyl (C=O) groups excluding carboxylic acids is 2. The highest BCUT2D eigenvalue weighted by Crippen LogP contribution is 2.33. The maximum Gasteiger partial charge on any atom is 0.357 e. The fourth-order valence-electron chi connectivity index (χ4n) is 4.21. The van der Waals surface area contributed by atoms with Gasteiger partial charge in [-0.05, 0) is 56.0 Å². The third kappa shape index (κ3) is 3.98. The van der Waals surface area contributed by atoms with Gasteiger partial charge in [0.2, 0.25) is 0 Å². The first-order valence-electron chi connectivity index (χ1n) is 10.8. The largest absolute Gasteiger partial charge is 0.465 e. The molecule has 0 atom stereocenters. The van der Waals surface area contributed by atoms with Crippen LogP contribution in [0.5, 0.6) is 0 Å². The molecule has 0 unspecified atom stereocenters. The van der Waals surface area contributed by atoms with Crippen LogP contribution < -0.4 is 4.90 Å². The Bertz CT molecular complexity index is 1130. The van der Waals surface area contributed by atoms with E-state index in [1.54, 1.807) is 0 Å². The average Bonchev–Trinajstić information content (AvgIpc) is 3.24. The number of rotatable bonds is 5. The number of methoxy groups -OCH3 is 2. The highest BCUT2D eigenvalue weighted by atomic mass is 16.5. The maximum absolute atomic E-state index is 12.8. The monoisotopic (exact) mass is 433 g/mol. The summed E-state index contributed by atoms with van der Waals surface area (Å²) in [5.41, 5.74) is 4.06. The zero-order valence-corrected chi connectivity index (χ0v) is 18.6. The van der Waals surface area contributed by atoms with Crippen LogP contribution >= 0.6 is 0 Å². The summed E-state index contributed by atoms with van der Waals surface area (Å²) < 4.78 is 11.5. The third-order valence-electron chi connectivity index (χ3n) is 5.84. The van der Waals surface area contributed by atoms with Crippen molar-refractivity contribution in [1.82, 2.24) is 9.78 Å². The van der Waals surface area contributed by atoms with Crippen molar-refractivity contribution in [2.24, 2.45) is 0 Å². The number of hydrogen-bond acceptors (Lipinski definition) is 6. The fraction of sp³-hybridized carbons (Fsp3) is 0.320. The van der Waals surface area contributed by atoms with Crippen LogP contribution in [-0.4, -0.2) is 49.0 Å². The standard InChI is InChI=1S/C25H27N3O4/c1-17-16-19(27-14-8-5-9-15-27)12-13-20(17)22-21(24(29)31-2)23(25(30)32-3)28(26-22)18-10-6-4-7-11-18/h4,6-7,10-13,16H,5,8-9,14-15H2,1-3H3. The summed E-state index contributed by atoms with van der Waals surface area (Å²) in [4.78, 5) is 27.9. The van der Waals surface area contributed by atoms with Gasteiger partial charge in [-0.2, -0.15) is 5.10 Å². The van der Waals surface area contributed by atoms with E-state index in [2.05, 4.69) is 11.0 Å². The summed E-state index contributed by atoms with van der Waals surface area (Å²) in [6.45, 7) is 4.08. The lowest BCUT2D eigenvalue weighted by molar-refractivity contribution is 0.0549. The van der Waals surface area contributed by atoms with Crippen LogP contribution in [0.1, 0.15) is 45.7 Å². The van der Waals surface area contributed by atoms with E-state index in [0.717, 1.165) is 29.9 Å². The van der Waals surface area contributed by atoms with Gasteiger partial charge in [-0.15, -0.1) is 0 Å². The minimum absolute atomic E-state index is 0.0417. The van der Waals surface area contributed by atoms with E-state index in [4.69, 9.17) is 14.6 Å². The predicted octanol–water partition coefficient (Wildman–Crippen LogP) is 4.41. The maximum atomic E-state index is 12.8. The molecule has 32 heavy (non-hydrogen) atoms. The summed E-state index contributed by atoms with van der Waals surface area (Å²) in [6, 6.07) is 15.3. The Hall–Kier alpha value is -3.61. The van der Waals surface area contributed by atoms with Crippen LogP contribution in [0.4, 0.5) is 5.69 Å². The number of aryl methyl sites for hydroxylation is 1. The second kappa shape index (κ2) is 9.26. The second-order valence-electron chi connectivity index (χ2n) is 7.85. The van der Waals surface area contributed by atoms with Crippen molar-refractivity contribution in [3.63, 3.8) is 0 Å². The van der Waals surface area contributed by atoms with Gasteiger partial charge in [-0.3, -0.25) is 0 Å². The molecule has 0 spiro atoms. The van der Waals surface area contributed by atoms with Crippen molar-refractivity contribution in [3.05, 3.63) is 65.4 Å². The molecule has 4 rings (SSSR count). The third-order valence-corrected chi connectivity index (χ3v) is 5.84. The van der Waals surface area contributed by atoms with E-state index in [-0.39, 0.29) is 11.3 Å². The number of nitrogens with zero attached hydrogens (tertiary/aromatic N) is 3. The zero-order chi connectivity index (χ0) is 22.7. The number of para-hydroxylation sites is 1. The summed E-state index contributed by atoms with van der Waals surface area (Å²) in [5, 5.41) is 4.69. The minimum Gasteiger partial charge on any atom is -0.465 e. The van der Waals surface area contributed by atoms with E-state index in [1.807, 2.05) is 49.4 Å². The highest BCUT2D eigenvalue weighted by Gasteiger charge is 2.32. The summed E-state index contributed by atoms with van der Waals surface area (Å²) in [5.74, 6) is -1.29. The first kappa shape index (κ1) is 21.6. The van der Waals surface area contributed by atoms with Gasteiger partial charge in [0.25, 0.3) is 0 Å². The van der Waals surface area contributed by atoms with Gasteiger partial charge in [-0.1, -0.05) is 24.3 Å². The molecule has 166 valence electrons. The van der Waals surface area contributed by atoms with Crippen molar-refractivity contribution in [2.45, 2.75) is 26.2 Å². The Morgan fingerprint density at radius 3 is 2.19 bits per heavy atom. The first-order chi connectivity index (χ1) is 15.5. The number of benzene rings is 2. The number of ether oxygens (including phenoxy) is 2. The quantitative estimate of drug-likeness (QED) is 0.555. The van der Waals surface area contributed by atoms with E-state index in [1.165, 1.54) is 38.2 Å². The predicted molar refractivity (Wildman–Crippen MR) is 122 cm³/mol. The van der Waals surface area contributed by atoms with Crippen LogP contribution in [0.25, 0.3) is 16.9 Å². The molecule has 2 aromatic carbocycles. The topological polar surface area (TPSA) is 73.7 Å². The lowest BCUT2D eigenvalue weighted by atomic mass is 9.99. The van der Waals surface area contributed by atoms with Crippen molar-refractivity contribution < 1.29 is 19.1 Å². The van der Waals surface area contributed by atoms with Gasteiger partial charge < -0.3 is 14.4 Å². The van der Waals surface area contributed by atoms with Crippen LogP contribution in [0.15, 0.2) is 48.5 Å². The van der Waals surface area contributed by atoms with E-state index >= 15 is 0 Å². The molecular formula is C25H27N3O4. The molecule has 1 fully saturated rings. The molecule has 0 amide bonds. The number of esters is 2. The molecule has 1 aliphatic heterocycles. The molecule has 1 aromatic heterocycles. The lowest BCUT2D eigenvalue weighted by Gasteiger charge is -2.29. The van der Waals surface area contributed by atoms with Gasteiger partial charge in [-0.25, -0.2) is 14.3 Å². The van der Waals surface area contributed by atoms with Crippen molar-refractivity contribution in [2.75, 3.05) is 32.2 Å². The zero-order valence-electron chi connectivity index (χ0n) is 18.6. The van der Waals surface area contributed by atoms with Gasteiger partial charge in [0, 0.05) is 24.3 Å². The smallest absolute Gasteiger partial charge is 0.357 e. The van der Waals surface area contributed by atoms with Gasteiger partial charge in [0.05, 0.1) is 19.9 Å². The van der Waals surface area contributed by atoms with Crippen molar-refractivity contribution >= 4 is 17.6 Å². The summed E-state index contributed by atoms with van der Waals surface area (Å²) in [7, 11) is 2.57. The van der Waals surface area contributed by atoms with E-state index in [9.17, 15) is 9.59 Å². The Labute approximate surface area is 187 Å². The SMILES string of the molecule is COC(=O)c1c(-c2ccc(N3CCCCC3)cc2C)nn(-c2ccccc2)c1C(=O)OC. The van der Waals surface area contributed by atoms with Gasteiger partial charge in [0.15, 0.2) is 5.69 Å². The number of hydrogen-bond donors (Lipinski definition) is 0. The Kier molecular flexibility index (Phi) is 6.25. The van der Waals surface area contributed by atoms with Crippen LogP contribution in [0.3, 0.4) is 0 Å². The Morgan fingerprint density at radius 1 is 0.875 bits per heavy atom. The lowest BCUT2D eigenvalue weighted by Crippen LogP contribution is -2.29. The van der Waals surface area contributed by atoms with Crippen molar-refractivity contribution in [1.29, 1.82) is 0 Å². The van der Waals surface area contributed by atoms with Crippen LogP contribution in [0.2, 0.25) is 0 Å². The molecule has 0 N–H and O–H groups in total. The van der Waals surface area contributed by atoms with E-state index < -0.39 is 11.9 Å². The first-order valence-corrected chi connectivity index (χ1v) is 10.8. The summed E-state index contributed by atoms with van der Waals surface area (Å²) in [6.07, 6.45) is 3.65. The highest BCUT2D eigenvalue weighted by molar-refractivity contribution is 6.07. The molecular weight excluding hydrogens is 406 g/mol. The van der Waals surface area contributed by atoms with Crippen LogP contribution in [0, 0.1) is 6.92 Å². The number of aromatic nitrogens is 2. The molecule has 0 aliphatic carbocycles. The molecule has 7 nitrogen and oxygen atoms in total. The number of carbonyl (C=O) groups is 2. The normalized spacial score (nSPS) is 13.7. The molecule has 0 bridgehead atoms. The van der Waals surface area contributed by atoms with Gasteiger partial charge >= 0.3 is 11.9 Å². The van der Waals surface area contributed by atoms with Crippen molar-refractivity contribution in [3.8, 4) is 16.9 Å². The molecule has 1 aliphatic rings. The van der Waals surface area contributed by atoms with Crippen LogP contribution in [-0.2, 0) is 9.47 Å². The number of piperidine rings is 1. The number of anilines is 1.